The SMILES string of the molecule is COc1ccc(F)cc1N(C)C(=O)CCC(C)N. The Labute approximate surface area is 107 Å². The summed E-state index contributed by atoms with van der Waals surface area (Å²) in [5.74, 6) is -0.0538. The van der Waals surface area contributed by atoms with Crippen molar-refractivity contribution >= 4 is 11.6 Å². The number of rotatable bonds is 5. The Bertz CT molecular complexity index is 421. The van der Waals surface area contributed by atoms with Gasteiger partial charge in [0.15, 0.2) is 0 Å². The molecule has 1 aromatic carbocycles. The van der Waals surface area contributed by atoms with Gasteiger partial charge in [-0.2, -0.15) is 0 Å². The van der Waals surface area contributed by atoms with E-state index >= 15 is 0 Å². The second kappa shape index (κ2) is 6.35. The molecule has 0 aliphatic rings. The summed E-state index contributed by atoms with van der Waals surface area (Å²) in [5, 5.41) is 0. The van der Waals surface area contributed by atoms with Gasteiger partial charge < -0.3 is 15.4 Å². The third-order valence-electron chi connectivity index (χ3n) is 2.69. The van der Waals surface area contributed by atoms with Crippen LogP contribution < -0.4 is 15.4 Å². The molecule has 0 spiro atoms. The van der Waals surface area contributed by atoms with E-state index in [0.29, 0.717) is 24.3 Å². The highest BCUT2D eigenvalue weighted by molar-refractivity contribution is 5.94. The van der Waals surface area contributed by atoms with E-state index in [2.05, 4.69) is 0 Å². The second-order valence-electron chi connectivity index (χ2n) is 4.28. The van der Waals surface area contributed by atoms with Crippen molar-refractivity contribution in [1.29, 1.82) is 0 Å². The predicted octanol–water partition coefficient (Wildman–Crippen LogP) is 1.92. The van der Waals surface area contributed by atoms with Crippen LogP contribution in [0.25, 0.3) is 0 Å². The molecular formula is C13H19FN2O2. The maximum Gasteiger partial charge on any atom is 0.226 e. The number of hydrogen-bond donors (Lipinski definition) is 1. The van der Waals surface area contributed by atoms with Crippen molar-refractivity contribution in [2.45, 2.75) is 25.8 Å². The molecule has 1 rings (SSSR count). The topological polar surface area (TPSA) is 55.6 Å². The van der Waals surface area contributed by atoms with E-state index in [1.165, 1.54) is 30.2 Å². The van der Waals surface area contributed by atoms with E-state index in [1.54, 1.807) is 7.05 Å². The van der Waals surface area contributed by atoms with Gasteiger partial charge in [0.05, 0.1) is 12.8 Å². The molecular weight excluding hydrogens is 235 g/mol. The summed E-state index contributed by atoms with van der Waals surface area (Å²) in [7, 11) is 3.08. The lowest BCUT2D eigenvalue weighted by molar-refractivity contribution is -0.118. The van der Waals surface area contributed by atoms with E-state index in [1.807, 2.05) is 6.92 Å². The third kappa shape index (κ3) is 3.70. The van der Waals surface area contributed by atoms with Crippen molar-refractivity contribution in [2.24, 2.45) is 5.73 Å². The highest BCUT2D eigenvalue weighted by Gasteiger charge is 2.16. The van der Waals surface area contributed by atoms with E-state index in [-0.39, 0.29) is 11.9 Å². The van der Waals surface area contributed by atoms with Crippen molar-refractivity contribution in [1.82, 2.24) is 0 Å². The molecule has 4 nitrogen and oxygen atoms in total. The van der Waals surface area contributed by atoms with E-state index in [0.717, 1.165) is 0 Å². The number of amides is 1. The predicted molar refractivity (Wildman–Crippen MR) is 69.2 cm³/mol. The Hall–Kier alpha value is -1.62. The average Bonchev–Trinajstić information content (AvgIpc) is 2.34. The summed E-state index contributed by atoms with van der Waals surface area (Å²) >= 11 is 0. The summed E-state index contributed by atoms with van der Waals surface area (Å²) in [6, 6.07) is 4.04. The van der Waals surface area contributed by atoms with Crippen LogP contribution >= 0.6 is 0 Å². The van der Waals surface area contributed by atoms with Crippen LogP contribution in [0.1, 0.15) is 19.8 Å². The molecule has 0 aliphatic carbocycles. The lowest BCUT2D eigenvalue weighted by Crippen LogP contribution is -2.28. The van der Waals surface area contributed by atoms with Crippen LogP contribution in [-0.4, -0.2) is 26.1 Å². The largest absolute Gasteiger partial charge is 0.495 e. The summed E-state index contributed by atoms with van der Waals surface area (Å²) in [6.45, 7) is 1.84. The molecule has 2 N–H and O–H groups in total. The maximum absolute atomic E-state index is 13.2. The fraction of sp³-hybridized carbons (Fsp3) is 0.462. The van der Waals surface area contributed by atoms with Crippen molar-refractivity contribution in [3.63, 3.8) is 0 Å². The zero-order valence-electron chi connectivity index (χ0n) is 10.9. The molecule has 0 aliphatic heterocycles. The Morgan fingerprint density at radius 1 is 1.56 bits per heavy atom. The molecule has 1 aromatic rings. The first-order chi connectivity index (χ1) is 8.45. The molecule has 0 heterocycles. The third-order valence-corrected chi connectivity index (χ3v) is 2.69. The molecule has 0 aromatic heterocycles. The van der Waals surface area contributed by atoms with Crippen molar-refractivity contribution in [2.75, 3.05) is 19.1 Å². The van der Waals surface area contributed by atoms with Crippen LogP contribution in [0.4, 0.5) is 10.1 Å². The zero-order valence-corrected chi connectivity index (χ0v) is 10.9. The van der Waals surface area contributed by atoms with Gasteiger partial charge >= 0.3 is 0 Å². The van der Waals surface area contributed by atoms with Gasteiger partial charge in [-0.25, -0.2) is 4.39 Å². The number of nitrogens with zero attached hydrogens (tertiary/aromatic N) is 1. The number of anilines is 1. The standard InChI is InChI=1S/C13H19FN2O2/c1-9(15)4-7-13(17)16(2)11-8-10(14)5-6-12(11)18-3/h5-6,8-9H,4,7,15H2,1-3H3. The summed E-state index contributed by atoms with van der Waals surface area (Å²) in [5.41, 5.74) is 6.03. The first kappa shape index (κ1) is 14.4. The molecule has 1 atom stereocenters. The van der Waals surface area contributed by atoms with Gasteiger partial charge in [0.1, 0.15) is 11.6 Å². The number of ether oxygens (including phenoxy) is 1. The first-order valence-corrected chi connectivity index (χ1v) is 5.81. The highest BCUT2D eigenvalue weighted by atomic mass is 19.1. The second-order valence-corrected chi connectivity index (χ2v) is 4.28. The molecule has 0 saturated carbocycles. The van der Waals surface area contributed by atoms with E-state index in [9.17, 15) is 9.18 Å². The van der Waals surface area contributed by atoms with Crippen LogP contribution in [0.5, 0.6) is 5.75 Å². The van der Waals surface area contributed by atoms with Crippen molar-refractivity contribution in [3.05, 3.63) is 24.0 Å². The minimum atomic E-state index is -0.405. The summed E-state index contributed by atoms with van der Waals surface area (Å²) in [6.07, 6.45) is 0.925. The highest BCUT2D eigenvalue weighted by Crippen LogP contribution is 2.28. The van der Waals surface area contributed by atoms with Crippen molar-refractivity contribution in [3.8, 4) is 5.75 Å². The van der Waals surface area contributed by atoms with Crippen LogP contribution in [0.3, 0.4) is 0 Å². The quantitative estimate of drug-likeness (QED) is 0.873. The Balaban J connectivity index is 2.85. The zero-order chi connectivity index (χ0) is 13.7. The van der Waals surface area contributed by atoms with Gasteiger partial charge in [0, 0.05) is 25.6 Å². The molecule has 0 radical (unpaired) electrons. The Kier molecular flexibility index (Phi) is 5.09. The van der Waals surface area contributed by atoms with Gasteiger partial charge in [0.2, 0.25) is 5.91 Å². The monoisotopic (exact) mass is 254 g/mol. The van der Waals surface area contributed by atoms with Crippen LogP contribution in [0, 0.1) is 5.82 Å². The molecule has 100 valence electrons. The molecule has 5 heteroatoms. The minimum absolute atomic E-state index is 0.0308. The lowest BCUT2D eigenvalue weighted by Gasteiger charge is -2.20. The molecule has 1 unspecified atom stereocenters. The van der Waals surface area contributed by atoms with Gasteiger partial charge in [-0.3, -0.25) is 4.79 Å². The normalized spacial score (nSPS) is 12.1. The molecule has 0 bridgehead atoms. The number of carbonyl (C=O) groups excluding carboxylic acids is 1. The molecule has 18 heavy (non-hydrogen) atoms. The summed E-state index contributed by atoms with van der Waals surface area (Å²) < 4.78 is 18.3. The molecule has 0 saturated heterocycles. The number of hydrogen-bond acceptors (Lipinski definition) is 3. The van der Waals surface area contributed by atoms with Gasteiger partial charge in [-0.15, -0.1) is 0 Å². The Morgan fingerprint density at radius 2 is 2.22 bits per heavy atom. The van der Waals surface area contributed by atoms with Gasteiger partial charge in [0.25, 0.3) is 0 Å². The van der Waals surface area contributed by atoms with Crippen LogP contribution in [0.15, 0.2) is 18.2 Å². The molecule has 1 amide bonds. The fourth-order valence-electron chi connectivity index (χ4n) is 1.58. The van der Waals surface area contributed by atoms with Gasteiger partial charge in [-0.05, 0) is 25.5 Å². The van der Waals surface area contributed by atoms with E-state index < -0.39 is 5.82 Å². The number of methoxy groups -OCH3 is 1. The number of benzene rings is 1. The minimum Gasteiger partial charge on any atom is -0.495 e. The van der Waals surface area contributed by atoms with Crippen molar-refractivity contribution < 1.29 is 13.9 Å². The van der Waals surface area contributed by atoms with E-state index in [4.69, 9.17) is 10.5 Å². The maximum atomic E-state index is 13.2. The number of carbonyl (C=O) groups is 1. The lowest BCUT2D eigenvalue weighted by atomic mass is 10.1. The number of halogens is 1. The van der Waals surface area contributed by atoms with Crippen LogP contribution in [0.2, 0.25) is 0 Å². The Morgan fingerprint density at radius 3 is 2.78 bits per heavy atom. The number of nitrogens with two attached hydrogens (primary N) is 1. The average molecular weight is 254 g/mol. The fourth-order valence-corrected chi connectivity index (χ4v) is 1.58. The summed E-state index contributed by atoms with van der Waals surface area (Å²) in [4.78, 5) is 13.3. The molecule has 0 fully saturated rings. The van der Waals surface area contributed by atoms with Crippen LogP contribution in [-0.2, 0) is 4.79 Å². The van der Waals surface area contributed by atoms with Gasteiger partial charge in [-0.1, -0.05) is 0 Å². The first-order valence-electron chi connectivity index (χ1n) is 5.81. The smallest absolute Gasteiger partial charge is 0.226 e.